The maximum atomic E-state index is 4.14. The Bertz CT molecular complexity index is 163. The van der Waals surface area contributed by atoms with Gasteiger partial charge in [-0.1, -0.05) is 0 Å². The van der Waals surface area contributed by atoms with Gasteiger partial charge >= 0.3 is 0 Å². The Morgan fingerprint density at radius 3 is 2.47 bits per heavy atom. The molecule has 0 aliphatic rings. The lowest BCUT2D eigenvalue weighted by molar-refractivity contribution is 0.682. The summed E-state index contributed by atoms with van der Waals surface area (Å²) >= 11 is 1.90. The smallest absolute Gasteiger partial charge is 0.191 e. The second kappa shape index (κ2) is 12.4. The Morgan fingerprint density at radius 2 is 2.00 bits per heavy atom. The van der Waals surface area contributed by atoms with Gasteiger partial charge in [-0.3, -0.25) is 4.99 Å². The second-order valence-electron chi connectivity index (χ2n) is 3.50. The van der Waals surface area contributed by atoms with Crippen LogP contribution in [-0.4, -0.2) is 37.6 Å². The normalized spacial score (nSPS) is 11.1. The van der Waals surface area contributed by atoms with E-state index < -0.39 is 0 Å². The van der Waals surface area contributed by atoms with Crippen molar-refractivity contribution in [2.24, 2.45) is 4.99 Å². The summed E-state index contributed by atoms with van der Waals surface area (Å²) in [6.07, 6.45) is 4.62. The zero-order valence-corrected chi connectivity index (χ0v) is 13.3. The third-order valence-corrected chi connectivity index (χ3v) is 2.41. The predicted octanol–water partition coefficient (Wildman–Crippen LogP) is 2.32. The van der Waals surface area contributed by atoms with Crippen molar-refractivity contribution in [2.75, 3.05) is 25.6 Å². The zero-order valence-electron chi connectivity index (χ0n) is 10.2. The Hall–Kier alpha value is 0.350. The van der Waals surface area contributed by atoms with E-state index >= 15 is 0 Å². The van der Waals surface area contributed by atoms with Crippen LogP contribution < -0.4 is 10.6 Å². The molecule has 0 saturated heterocycles. The molecular weight excluding hydrogens is 321 g/mol. The first kappa shape index (κ1) is 17.7. The Kier molecular flexibility index (Phi) is 14.7. The summed E-state index contributed by atoms with van der Waals surface area (Å²) in [7, 11) is 1.81. The molecule has 0 rings (SSSR count). The number of unbranched alkanes of at least 4 members (excludes halogenated alkanes) is 1. The fourth-order valence-electron chi connectivity index (χ4n) is 1.05. The molecule has 0 amide bonds. The molecule has 0 aromatic heterocycles. The van der Waals surface area contributed by atoms with Crippen LogP contribution in [0.25, 0.3) is 0 Å². The zero-order chi connectivity index (χ0) is 10.8. The fraction of sp³-hybridized carbons (Fsp3) is 0.900. The SMILES string of the molecule is CN=C(NCCCCSC)NC(C)C.I. The summed E-state index contributed by atoms with van der Waals surface area (Å²) in [4.78, 5) is 4.14. The first-order valence-electron chi connectivity index (χ1n) is 5.16. The van der Waals surface area contributed by atoms with E-state index in [2.05, 4.69) is 35.7 Å². The summed E-state index contributed by atoms with van der Waals surface area (Å²) in [6.45, 7) is 5.23. The molecule has 3 nitrogen and oxygen atoms in total. The van der Waals surface area contributed by atoms with Gasteiger partial charge < -0.3 is 10.6 Å². The molecule has 0 radical (unpaired) electrons. The third-order valence-electron chi connectivity index (χ3n) is 1.72. The van der Waals surface area contributed by atoms with Crippen molar-refractivity contribution >= 4 is 41.7 Å². The molecule has 0 atom stereocenters. The Morgan fingerprint density at radius 1 is 1.33 bits per heavy atom. The quantitative estimate of drug-likeness (QED) is 0.336. The average molecular weight is 345 g/mol. The van der Waals surface area contributed by atoms with Gasteiger partial charge in [0.15, 0.2) is 5.96 Å². The van der Waals surface area contributed by atoms with Crippen LogP contribution in [0.3, 0.4) is 0 Å². The van der Waals surface area contributed by atoms with E-state index in [0.717, 1.165) is 12.5 Å². The minimum Gasteiger partial charge on any atom is -0.356 e. The number of aliphatic imine (C=N–C) groups is 1. The molecule has 92 valence electrons. The van der Waals surface area contributed by atoms with Gasteiger partial charge in [0.1, 0.15) is 0 Å². The van der Waals surface area contributed by atoms with Crippen LogP contribution in [0, 0.1) is 0 Å². The van der Waals surface area contributed by atoms with Crippen molar-refractivity contribution in [1.82, 2.24) is 10.6 Å². The number of hydrogen-bond donors (Lipinski definition) is 2. The van der Waals surface area contributed by atoms with Crippen LogP contribution in [0.5, 0.6) is 0 Å². The van der Waals surface area contributed by atoms with E-state index in [1.54, 1.807) is 7.05 Å². The van der Waals surface area contributed by atoms with Crippen molar-refractivity contribution < 1.29 is 0 Å². The highest BCUT2D eigenvalue weighted by molar-refractivity contribution is 14.0. The van der Waals surface area contributed by atoms with Crippen LogP contribution in [0.4, 0.5) is 0 Å². The molecule has 0 fully saturated rings. The maximum Gasteiger partial charge on any atom is 0.191 e. The Labute approximate surface area is 115 Å². The van der Waals surface area contributed by atoms with E-state index in [-0.39, 0.29) is 24.0 Å². The van der Waals surface area contributed by atoms with Crippen LogP contribution in [-0.2, 0) is 0 Å². The topological polar surface area (TPSA) is 36.4 Å². The first-order chi connectivity index (χ1) is 6.70. The average Bonchev–Trinajstić information content (AvgIpc) is 2.15. The van der Waals surface area contributed by atoms with E-state index in [0.29, 0.717) is 6.04 Å². The standard InChI is InChI=1S/C10H23N3S.HI/c1-9(2)13-10(11-3)12-7-5-6-8-14-4;/h9H,5-8H2,1-4H3,(H2,11,12,13);1H. The number of halogens is 1. The summed E-state index contributed by atoms with van der Waals surface area (Å²) in [6, 6.07) is 0.437. The van der Waals surface area contributed by atoms with Crippen LogP contribution in [0.2, 0.25) is 0 Å². The number of thioether (sulfide) groups is 1. The predicted molar refractivity (Wildman–Crippen MR) is 82.7 cm³/mol. The summed E-state index contributed by atoms with van der Waals surface area (Å²) in [5.74, 6) is 2.15. The molecule has 0 heterocycles. The third kappa shape index (κ3) is 12.3. The van der Waals surface area contributed by atoms with Crippen molar-refractivity contribution in [1.29, 1.82) is 0 Å². The number of rotatable bonds is 6. The molecular formula is C10H24IN3S. The lowest BCUT2D eigenvalue weighted by Gasteiger charge is -2.14. The maximum absolute atomic E-state index is 4.14. The van der Waals surface area contributed by atoms with Crippen molar-refractivity contribution in [3.8, 4) is 0 Å². The molecule has 0 aromatic rings. The molecule has 5 heteroatoms. The van der Waals surface area contributed by atoms with Crippen LogP contribution in [0.15, 0.2) is 4.99 Å². The van der Waals surface area contributed by atoms with E-state index in [1.165, 1.54) is 18.6 Å². The summed E-state index contributed by atoms with van der Waals surface area (Å²) < 4.78 is 0. The van der Waals surface area contributed by atoms with Crippen molar-refractivity contribution in [3.63, 3.8) is 0 Å². The minimum absolute atomic E-state index is 0. The van der Waals surface area contributed by atoms with Crippen LogP contribution in [0.1, 0.15) is 26.7 Å². The Balaban J connectivity index is 0. The van der Waals surface area contributed by atoms with E-state index in [9.17, 15) is 0 Å². The van der Waals surface area contributed by atoms with Crippen LogP contribution >= 0.6 is 35.7 Å². The second-order valence-corrected chi connectivity index (χ2v) is 4.48. The number of nitrogens with one attached hydrogen (secondary N) is 2. The molecule has 0 saturated carbocycles. The highest BCUT2D eigenvalue weighted by Crippen LogP contribution is 1.97. The van der Waals surface area contributed by atoms with E-state index in [4.69, 9.17) is 0 Å². The number of guanidine groups is 1. The van der Waals surface area contributed by atoms with Gasteiger partial charge in [-0.05, 0) is 38.7 Å². The van der Waals surface area contributed by atoms with Gasteiger partial charge in [-0.2, -0.15) is 11.8 Å². The fourth-order valence-corrected chi connectivity index (χ4v) is 1.54. The molecule has 0 aromatic carbocycles. The highest BCUT2D eigenvalue weighted by atomic mass is 127. The van der Waals surface area contributed by atoms with E-state index in [1.807, 2.05) is 11.8 Å². The molecule has 15 heavy (non-hydrogen) atoms. The van der Waals surface area contributed by atoms with Crippen molar-refractivity contribution in [2.45, 2.75) is 32.7 Å². The van der Waals surface area contributed by atoms with Crippen molar-refractivity contribution in [3.05, 3.63) is 0 Å². The molecule has 0 aliphatic heterocycles. The van der Waals surface area contributed by atoms with Gasteiger partial charge in [0, 0.05) is 19.6 Å². The molecule has 0 unspecified atom stereocenters. The van der Waals surface area contributed by atoms with Gasteiger partial charge in [-0.25, -0.2) is 0 Å². The number of hydrogen-bond acceptors (Lipinski definition) is 2. The largest absolute Gasteiger partial charge is 0.356 e. The van der Waals surface area contributed by atoms with Gasteiger partial charge in [0.2, 0.25) is 0 Å². The molecule has 0 aliphatic carbocycles. The van der Waals surface area contributed by atoms with Gasteiger partial charge in [0.25, 0.3) is 0 Å². The summed E-state index contributed by atoms with van der Waals surface area (Å²) in [5.41, 5.74) is 0. The highest BCUT2D eigenvalue weighted by Gasteiger charge is 1.98. The van der Waals surface area contributed by atoms with Gasteiger partial charge in [0.05, 0.1) is 0 Å². The first-order valence-corrected chi connectivity index (χ1v) is 6.56. The minimum atomic E-state index is 0. The monoisotopic (exact) mass is 345 g/mol. The molecule has 2 N–H and O–H groups in total. The lowest BCUT2D eigenvalue weighted by atomic mass is 10.3. The van der Waals surface area contributed by atoms with Gasteiger partial charge in [-0.15, -0.1) is 24.0 Å². The molecule has 0 spiro atoms. The molecule has 0 bridgehead atoms. The number of nitrogens with zero attached hydrogens (tertiary/aromatic N) is 1. The lowest BCUT2D eigenvalue weighted by Crippen LogP contribution is -2.41. The summed E-state index contributed by atoms with van der Waals surface area (Å²) in [5, 5.41) is 6.54.